The molecule has 0 aliphatic rings. The van der Waals surface area contributed by atoms with Crippen molar-refractivity contribution in [1.29, 1.82) is 0 Å². The lowest BCUT2D eigenvalue weighted by atomic mass is 9.93. The van der Waals surface area contributed by atoms with Gasteiger partial charge in [0.05, 0.1) is 12.7 Å². The summed E-state index contributed by atoms with van der Waals surface area (Å²) < 4.78 is 6.72. The predicted molar refractivity (Wildman–Crippen MR) is 114 cm³/mol. The molecule has 0 radical (unpaired) electrons. The second-order valence-electron chi connectivity index (χ2n) is 8.31. The molecule has 1 N–H and O–H groups in total. The summed E-state index contributed by atoms with van der Waals surface area (Å²) in [6.45, 7) is 11.3. The molecular formula is C23H32O2Si. The second-order valence-corrected chi connectivity index (χ2v) is 13.1. The van der Waals surface area contributed by atoms with E-state index in [-0.39, 0.29) is 23.7 Å². The molecule has 0 fully saturated rings. The van der Waals surface area contributed by atoms with Crippen LogP contribution in [0.3, 0.4) is 0 Å². The van der Waals surface area contributed by atoms with Crippen molar-refractivity contribution in [2.45, 2.75) is 50.9 Å². The molecule has 0 saturated carbocycles. The van der Waals surface area contributed by atoms with Crippen molar-refractivity contribution in [3.05, 3.63) is 77.9 Å². The summed E-state index contributed by atoms with van der Waals surface area (Å²) in [6.07, 6.45) is 4.05. The van der Waals surface area contributed by atoms with E-state index >= 15 is 0 Å². The van der Waals surface area contributed by atoms with Crippen molar-refractivity contribution < 1.29 is 9.53 Å². The van der Waals surface area contributed by atoms with Crippen molar-refractivity contribution in [1.82, 2.24) is 0 Å². The van der Waals surface area contributed by atoms with E-state index in [1.54, 1.807) is 0 Å². The third kappa shape index (κ3) is 5.40. The minimum Gasteiger partial charge on any atom is -0.410 e. The number of rotatable bonds is 7. The lowest BCUT2D eigenvalue weighted by Gasteiger charge is -2.40. The van der Waals surface area contributed by atoms with Gasteiger partial charge in [0.1, 0.15) is 0 Å². The molecule has 0 heterocycles. The molecule has 2 rings (SSSR count). The van der Waals surface area contributed by atoms with Crippen LogP contribution in [0.2, 0.25) is 18.1 Å². The first-order valence-electron chi connectivity index (χ1n) is 9.31. The largest absolute Gasteiger partial charge is 0.410 e. The van der Waals surface area contributed by atoms with E-state index < -0.39 is 8.32 Å². The Balaban J connectivity index is 2.35. The third-order valence-electron chi connectivity index (χ3n) is 5.34. The number of aliphatic hydroxyl groups excluding tert-OH is 1. The van der Waals surface area contributed by atoms with E-state index in [0.29, 0.717) is 0 Å². The van der Waals surface area contributed by atoms with Crippen molar-refractivity contribution in [3.63, 3.8) is 0 Å². The normalized spacial score (nSPS) is 15.2. The van der Waals surface area contributed by atoms with Crippen LogP contribution in [0.15, 0.2) is 66.7 Å². The Labute approximate surface area is 159 Å². The Morgan fingerprint density at radius 1 is 0.962 bits per heavy atom. The van der Waals surface area contributed by atoms with Gasteiger partial charge in [-0.15, -0.1) is 0 Å². The highest BCUT2D eigenvalue weighted by Crippen LogP contribution is 2.39. The lowest BCUT2D eigenvalue weighted by Crippen LogP contribution is -2.45. The summed E-state index contributed by atoms with van der Waals surface area (Å²) in [5, 5.41) is 10.3. The Hall–Kier alpha value is -1.68. The van der Waals surface area contributed by atoms with Gasteiger partial charge in [0.15, 0.2) is 8.32 Å². The molecule has 0 spiro atoms. The molecule has 26 heavy (non-hydrogen) atoms. The zero-order valence-corrected chi connectivity index (χ0v) is 17.6. The molecule has 2 aromatic carbocycles. The van der Waals surface area contributed by atoms with Gasteiger partial charge in [-0.05, 0) is 29.3 Å². The van der Waals surface area contributed by atoms with Crippen LogP contribution in [0.25, 0.3) is 6.08 Å². The van der Waals surface area contributed by atoms with Gasteiger partial charge >= 0.3 is 0 Å². The number of benzene rings is 2. The van der Waals surface area contributed by atoms with Gasteiger partial charge in [0, 0.05) is 5.92 Å². The summed E-state index contributed by atoms with van der Waals surface area (Å²) in [4.78, 5) is 0. The van der Waals surface area contributed by atoms with Gasteiger partial charge in [-0.25, -0.2) is 0 Å². The van der Waals surface area contributed by atoms with Crippen molar-refractivity contribution in [2.24, 2.45) is 0 Å². The fourth-order valence-electron chi connectivity index (χ4n) is 2.64. The number of hydrogen-bond acceptors (Lipinski definition) is 2. The van der Waals surface area contributed by atoms with Gasteiger partial charge < -0.3 is 9.53 Å². The Bertz CT molecular complexity index is 687. The Kier molecular flexibility index (Phi) is 6.99. The molecule has 0 unspecified atom stereocenters. The summed E-state index contributed by atoms with van der Waals surface area (Å²) >= 11 is 0. The van der Waals surface area contributed by atoms with Crippen molar-refractivity contribution >= 4 is 14.4 Å². The van der Waals surface area contributed by atoms with Gasteiger partial charge in [-0.2, -0.15) is 0 Å². The maximum Gasteiger partial charge on any atom is 0.192 e. The van der Waals surface area contributed by atoms with Crippen LogP contribution in [-0.2, 0) is 4.43 Å². The maximum absolute atomic E-state index is 10.1. The minimum absolute atomic E-state index is 0.0580. The molecule has 0 amide bonds. The smallest absolute Gasteiger partial charge is 0.192 e. The number of hydrogen-bond donors (Lipinski definition) is 1. The summed E-state index contributed by atoms with van der Waals surface area (Å²) in [6, 6.07) is 20.4. The lowest BCUT2D eigenvalue weighted by molar-refractivity contribution is 0.148. The molecule has 0 bridgehead atoms. The quantitative estimate of drug-likeness (QED) is 0.620. The first-order valence-corrected chi connectivity index (χ1v) is 12.2. The zero-order valence-electron chi connectivity index (χ0n) is 16.6. The highest BCUT2D eigenvalue weighted by Gasteiger charge is 2.40. The fraction of sp³-hybridized carbons (Fsp3) is 0.391. The molecule has 0 saturated heterocycles. The van der Waals surface area contributed by atoms with E-state index in [1.807, 2.05) is 36.4 Å². The molecule has 0 aliphatic heterocycles. The first kappa shape index (κ1) is 20.6. The molecule has 3 heteroatoms. The van der Waals surface area contributed by atoms with E-state index in [9.17, 15) is 5.11 Å². The van der Waals surface area contributed by atoms with Crippen molar-refractivity contribution in [3.8, 4) is 0 Å². The number of aliphatic hydroxyl groups is 1. The van der Waals surface area contributed by atoms with E-state index in [2.05, 4.69) is 70.3 Å². The van der Waals surface area contributed by atoms with Crippen LogP contribution in [-0.4, -0.2) is 26.1 Å². The van der Waals surface area contributed by atoms with E-state index in [0.717, 1.165) is 11.1 Å². The molecular weight excluding hydrogens is 336 g/mol. The average molecular weight is 369 g/mol. The Morgan fingerprint density at radius 3 is 2.00 bits per heavy atom. The van der Waals surface area contributed by atoms with Crippen LogP contribution in [0.1, 0.15) is 37.8 Å². The van der Waals surface area contributed by atoms with Gasteiger partial charge in [-0.1, -0.05) is 93.6 Å². The fourth-order valence-corrected chi connectivity index (χ4v) is 3.92. The third-order valence-corrected chi connectivity index (χ3v) is 9.81. The van der Waals surface area contributed by atoms with Gasteiger partial charge in [0.25, 0.3) is 0 Å². The maximum atomic E-state index is 10.1. The minimum atomic E-state index is -1.98. The Morgan fingerprint density at radius 2 is 1.50 bits per heavy atom. The van der Waals surface area contributed by atoms with E-state index in [4.69, 9.17) is 4.43 Å². The monoisotopic (exact) mass is 368 g/mol. The second kappa shape index (κ2) is 8.80. The van der Waals surface area contributed by atoms with Gasteiger partial charge in [-0.3, -0.25) is 0 Å². The molecule has 2 nitrogen and oxygen atoms in total. The molecule has 2 atom stereocenters. The molecule has 2 aromatic rings. The predicted octanol–water partition coefficient (Wildman–Crippen LogP) is 5.87. The molecule has 0 aromatic heterocycles. The van der Waals surface area contributed by atoms with Gasteiger partial charge in [0.2, 0.25) is 0 Å². The summed E-state index contributed by atoms with van der Waals surface area (Å²) in [7, 11) is -1.98. The molecule has 140 valence electrons. The van der Waals surface area contributed by atoms with Crippen LogP contribution >= 0.6 is 0 Å². The van der Waals surface area contributed by atoms with Crippen LogP contribution in [0.4, 0.5) is 0 Å². The standard InChI is InChI=1S/C23H32O2Si/c1-23(2,3)26(4,5)25-22(17-16-19-12-8-6-9-13-19)21(18-24)20-14-10-7-11-15-20/h6-17,21-22,24H,18H2,1-5H3/b17-16+/t21-,22+/m1/s1. The summed E-state index contributed by atoms with van der Waals surface area (Å²) in [5.74, 6) is -0.0784. The average Bonchev–Trinajstić information content (AvgIpc) is 2.61. The van der Waals surface area contributed by atoms with Crippen LogP contribution < -0.4 is 0 Å². The van der Waals surface area contributed by atoms with Crippen molar-refractivity contribution in [2.75, 3.05) is 6.61 Å². The molecule has 0 aliphatic carbocycles. The highest BCUT2D eigenvalue weighted by atomic mass is 28.4. The van der Waals surface area contributed by atoms with E-state index in [1.165, 1.54) is 0 Å². The van der Waals surface area contributed by atoms with Crippen LogP contribution in [0, 0.1) is 0 Å². The van der Waals surface area contributed by atoms with Crippen LogP contribution in [0.5, 0.6) is 0 Å². The topological polar surface area (TPSA) is 29.5 Å². The highest BCUT2D eigenvalue weighted by molar-refractivity contribution is 6.74. The SMILES string of the molecule is CC(C)(C)[Si](C)(C)O[C@@H](/C=C/c1ccccc1)[C@H](CO)c1ccccc1. The summed E-state index contributed by atoms with van der Waals surface area (Å²) in [5.41, 5.74) is 2.25. The first-order chi connectivity index (χ1) is 12.2. The zero-order chi connectivity index (χ0) is 19.2.